The maximum absolute atomic E-state index is 12.7. The molecule has 0 saturated heterocycles. The fraction of sp³-hybridized carbons (Fsp3) is 0.0909. The average Bonchev–Trinajstić information content (AvgIpc) is 2.73. The molecule has 0 spiro atoms. The molecular formula is C22H18N2O2S. The molecule has 0 aliphatic heterocycles. The number of anilines is 1. The Balaban J connectivity index is 1.72. The van der Waals surface area contributed by atoms with Crippen molar-refractivity contribution in [2.24, 2.45) is 0 Å². The Morgan fingerprint density at radius 3 is 2.52 bits per heavy atom. The molecule has 0 aliphatic carbocycles. The first-order valence-electron chi connectivity index (χ1n) is 8.41. The normalized spacial score (nSPS) is 10.2. The van der Waals surface area contributed by atoms with Gasteiger partial charge in [0.25, 0.3) is 5.91 Å². The van der Waals surface area contributed by atoms with Crippen molar-refractivity contribution in [3.05, 3.63) is 95.1 Å². The SMILES string of the molecule is N#Cc1ccc(CSc2ccccc2C(=O)Nc2cccc(CO)c2)cc1. The molecule has 3 rings (SSSR count). The number of thioether (sulfide) groups is 1. The van der Waals surface area contributed by atoms with E-state index >= 15 is 0 Å². The van der Waals surface area contributed by atoms with Crippen molar-refractivity contribution < 1.29 is 9.90 Å². The fourth-order valence-corrected chi connectivity index (χ4v) is 3.57. The Kier molecular flexibility index (Phi) is 6.26. The standard InChI is InChI=1S/C22H18N2O2S/c23-13-16-8-10-17(11-9-16)15-27-21-7-2-1-6-20(21)22(26)24-19-5-3-4-18(12-19)14-25/h1-12,25H,14-15H2,(H,24,26). The van der Waals surface area contributed by atoms with Gasteiger partial charge in [0, 0.05) is 16.3 Å². The van der Waals surface area contributed by atoms with Crippen LogP contribution in [0, 0.1) is 11.3 Å². The lowest BCUT2D eigenvalue weighted by Crippen LogP contribution is -2.13. The Hall–Kier alpha value is -3.07. The van der Waals surface area contributed by atoms with Gasteiger partial charge in [-0.05, 0) is 47.5 Å². The second kappa shape index (κ2) is 9.04. The maximum atomic E-state index is 12.7. The number of carbonyl (C=O) groups excluding carboxylic acids is 1. The van der Waals surface area contributed by atoms with Crippen molar-refractivity contribution in [2.75, 3.05) is 5.32 Å². The van der Waals surface area contributed by atoms with E-state index < -0.39 is 0 Å². The zero-order chi connectivity index (χ0) is 19.1. The van der Waals surface area contributed by atoms with Gasteiger partial charge in [-0.1, -0.05) is 36.4 Å². The van der Waals surface area contributed by atoms with Crippen LogP contribution in [0.2, 0.25) is 0 Å². The average molecular weight is 374 g/mol. The minimum atomic E-state index is -0.187. The first-order chi connectivity index (χ1) is 13.2. The predicted octanol–water partition coefficient (Wildman–Crippen LogP) is 4.60. The van der Waals surface area contributed by atoms with Gasteiger partial charge in [-0.25, -0.2) is 0 Å². The zero-order valence-electron chi connectivity index (χ0n) is 14.6. The number of aliphatic hydroxyl groups is 1. The van der Waals surface area contributed by atoms with Crippen LogP contribution in [0.25, 0.3) is 0 Å². The number of nitrogens with zero attached hydrogens (tertiary/aromatic N) is 1. The van der Waals surface area contributed by atoms with Crippen LogP contribution in [0.4, 0.5) is 5.69 Å². The number of benzene rings is 3. The summed E-state index contributed by atoms with van der Waals surface area (Å²) in [7, 11) is 0. The van der Waals surface area contributed by atoms with Gasteiger partial charge in [0.2, 0.25) is 0 Å². The summed E-state index contributed by atoms with van der Waals surface area (Å²) in [5, 5.41) is 21.0. The molecule has 0 heterocycles. The van der Waals surface area contributed by atoms with E-state index in [0.29, 0.717) is 22.6 Å². The molecular weight excluding hydrogens is 356 g/mol. The molecule has 4 nitrogen and oxygen atoms in total. The molecule has 0 unspecified atom stereocenters. The van der Waals surface area contributed by atoms with Crippen LogP contribution in [0.3, 0.4) is 0 Å². The fourth-order valence-electron chi connectivity index (χ4n) is 2.56. The summed E-state index contributed by atoms with van der Waals surface area (Å²) >= 11 is 1.58. The molecule has 3 aromatic carbocycles. The highest BCUT2D eigenvalue weighted by molar-refractivity contribution is 7.98. The van der Waals surface area contributed by atoms with Gasteiger partial charge in [0.05, 0.1) is 23.8 Å². The van der Waals surface area contributed by atoms with Crippen LogP contribution in [-0.2, 0) is 12.4 Å². The second-order valence-corrected chi connectivity index (χ2v) is 6.92. The van der Waals surface area contributed by atoms with E-state index in [1.807, 2.05) is 30.3 Å². The molecule has 134 valence electrons. The quantitative estimate of drug-likeness (QED) is 0.619. The van der Waals surface area contributed by atoms with Gasteiger partial charge in [0.1, 0.15) is 0 Å². The van der Waals surface area contributed by atoms with E-state index in [1.54, 1.807) is 54.2 Å². The molecule has 0 saturated carbocycles. The molecule has 27 heavy (non-hydrogen) atoms. The highest BCUT2D eigenvalue weighted by atomic mass is 32.2. The van der Waals surface area contributed by atoms with Crippen molar-refractivity contribution in [1.29, 1.82) is 5.26 Å². The number of carbonyl (C=O) groups is 1. The Bertz CT molecular complexity index is 978. The van der Waals surface area contributed by atoms with Crippen LogP contribution >= 0.6 is 11.8 Å². The van der Waals surface area contributed by atoms with Crippen LogP contribution < -0.4 is 5.32 Å². The first kappa shape index (κ1) is 18.7. The van der Waals surface area contributed by atoms with Crippen molar-refractivity contribution in [3.8, 4) is 6.07 Å². The third-order valence-corrected chi connectivity index (χ3v) is 5.12. The van der Waals surface area contributed by atoms with Crippen LogP contribution in [0.1, 0.15) is 27.0 Å². The topological polar surface area (TPSA) is 73.1 Å². The minimum absolute atomic E-state index is 0.0687. The van der Waals surface area contributed by atoms with Gasteiger partial charge in [0.15, 0.2) is 0 Å². The molecule has 5 heteroatoms. The summed E-state index contributed by atoms with van der Waals surface area (Å²) in [6, 6.07) is 24.2. The van der Waals surface area contributed by atoms with Gasteiger partial charge >= 0.3 is 0 Å². The minimum Gasteiger partial charge on any atom is -0.392 e. The number of nitriles is 1. The number of amides is 1. The summed E-state index contributed by atoms with van der Waals surface area (Å²) in [5.41, 5.74) is 3.72. The molecule has 0 aliphatic rings. The van der Waals surface area contributed by atoms with Crippen LogP contribution in [0.15, 0.2) is 77.7 Å². The third-order valence-electron chi connectivity index (χ3n) is 3.98. The van der Waals surface area contributed by atoms with E-state index in [0.717, 1.165) is 16.0 Å². The lowest BCUT2D eigenvalue weighted by atomic mass is 10.2. The maximum Gasteiger partial charge on any atom is 0.256 e. The van der Waals surface area contributed by atoms with Gasteiger partial charge in [-0.3, -0.25) is 4.79 Å². The summed E-state index contributed by atoms with van der Waals surface area (Å²) in [6.45, 7) is -0.0687. The lowest BCUT2D eigenvalue weighted by Gasteiger charge is -2.11. The third kappa shape index (κ3) is 4.98. The highest BCUT2D eigenvalue weighted by Crippen LogP contribution is 2.27. The Morgan fingerprint density at radius 1 is 1.00 bits per heavy atom. The van der Waals surface area contributed by atoms with Gasteiger partial charge in [-0.15, -0.1) is 11.8 Å². The number of rotatable bonds is 6. The van der Waals surface area contributed by atoms with Crippen molar-refractivity contribution in [1.82, 2.24) is 0 Å². The molecule has 0 aromatic heterocycles. The molecule has 0 fully saturated rings. The largest absolute Gasteiger partial charge is 0.392 e. The summed E-state index contributed by atoms with van der Waals surface area (Å²) in [6.07, 6.45) is 0. The van der Waals surface area contributed by atoms with E-state index in [2.05, 4.69) is 11.4 Å². The van der Waals surface area contributed by atoms with Crippen molar-refractivity contribution >= 4 is 23.4 Å². The van der Waals surface area contributed by atoms with E-state index in [4.69, 9.17) is 5.26 Å². The molecule has 0 bridgehead atoms. The second-order valence-electron chi connectivity index (χ2n) is 5.91. The number of hydrogen-bond acceptors (Lipinski definition) is 4. The monoisotopic (exact) mass is 374 g/mol. The number of hydrogen-bond donors (Lipinski definition) is 2. The smallest absolute Gasteiger partial charge is 0.256 e. The number of aliphatic hydroxyl groups excluding tert-OH is 1. The highest BCUT2D eigenvalue weighted by Gasteiger charge is 2.12. The van der Waals surface area contributed by atoms with Crippen LogP contribution in [0.5, 0.6) is 0 Å². The molecule has 2 N–H and O–H groups in total. The lowest BCUT2D eigenvalue weighted by molar-refractivity contribution is 0.102. The Labute approximate surface area is 162 Å². The van der Waals surface area contributed by atoms with Gasteiger partial charge in [-0.2, -0.15) is 5.26 Å². The Morgan fingerprint density at radius 2 is 1.78 bits per heavy atom. The predicted molar refractivity (Wildman–Crippen MR) is 107 cm³/mol. The summed E-state index contributed by atoms with van der Waals surface area (Å²) < 4.78 is 0. The van der Waals surface area contributed by atoms with E-state index in [9.17, 15) is 9.90 Å². The zero-order valence-corrected chi connectivity index (χ0v) is 15.4. The molecule has 3 aromatic rings. The molecule has 0 radical (unpaired) electrons. The molecule has 1 amide bonds. The van der Waals surface area contributed by atoms with Crippen LogP contribution in [-0.4, -0.2) is 11.0 Å². The van der Waals surface area contributed by atoms with Crippen molar-refractivity contribution in [3.63, 3.8) is 0 Å². The number of nitrogens with one attached hydrogen (secondary N) is 1. The van der Waals surface area contributed by atoms with E-state index in [1.165, 1.54) is 0 Å². The molecule has 0 atom stereocenters. The first-order valence-corrected chi connectivity index (χ1v) is 9.40. The van der Waals surface area contributed by atoms with Crippen molar-refractivity contribution in [2.45, 2.75) is 17.3 Å². The summed E-state index contributed by atoms with van der Waals surface area (Å²) in [4.78, 5) is 13.6. The van der Waals surface area contributed by atoms with E-state index in [-0.39, 0.29) is 12.5 Å². The summed E-state index contributed by atoms with van der Waals surface area (Å²) in [5.74, 6) is 0.517. The van der Waals surface area contributed by atoms with Gasteiger partial charge < -0.3 is 10.4 Å².